The molecule has 0 amide bonds. The van der Waals surface area contributed by atoms with Gasteiger partial charge in [0.2, 0.25) is 5.03 Å². The lowest BCUT2D eigenvalue weighted by Gasteiger charge is -2.05. The lowest BCUT2D eigenvalue weighted by molar-refractivity contribution is 0.381. The van der Waals surface area contributed by atoms with Crippen molar-refractivity contribution < 1.29 is 12.9 Å². The van der Waals surface area contributed by atoms with Crippen molar-refractivity contribution in [3.8, 4) is 0 Å². The van der Waals surface area contributed by atoms with Crippen LogP contribution in [0.15, 0.2) is 39.9 Å². The molecule has 17 heavy (non-hydrogen) atoms. The molecule has 0 saturated heterocycles. The van der Waals surface area contributed by atoms with E-state index >= 15 is 0 Å². The van der Waals surface area contributed by atoms with Crippen LogP contribution < -0.4 is 4.72 Å². The van der Waals surface area contributed by atoms with Crippen molar-refractivity contribution in [3.63, 3.8) is 0 Å². The number of rotatable bonds is 3. The number of para-hydroxylation sites is 1. The van der Waals surface area contributed by atoms with Crippen LogP contribution in [0.3, 0.4) is 0 Å². The molecular weight excluding hydrogens is 240 g/mol. The van der Waals surface area contributed by atoms with Gasteiger partial charge in [-0.2, -0.15) is 8.42 Å². The molecule has 0 saturated carbocycles. The third kappa shape index (κ3) is 2.31. The number of nitrogens with zero attached hydrogens (tertiary/aromatic N) is 1. The van der Waals surface area contributed by atoms with Gasteiger partial charge in [0.15, 0.2) is 0 Å². The van der Waals surface area contributed by atoms with Crippen LogP contribution in [0.2, 0.25) is 0 Å². The summed E-state index contributed by atoms with van der Waals surface area (Å²) in [4.78, 5) is 0. The Labute approximate surface area is 99.5 Å². The second kappa shape index (κ2) is 4.21. The summed E-state index contributed by atoms with van der Waals surface area (Å²) >= 11 is 0. The number of aromatic nitrogens is 1. The number of anilines is 1. The quantitative estimate of drug-likeness (QED) is 0.907. The van der Waals surface area contributed by atoms with E-state index in [1.54, 1.807) is 38.1 Å². The zero-order valence-corrected chi connectivity index (χ0v) is 10.3. The molecule has 2 rings (SSSR count). The van der Waals surface area contributed by atoms with E-state index < -0.39 is 10.0 Å². The Balaban J connectivity index is 2.35. The highest BCUT2D eigenvalue weighted by molar-refractivity contribution is 7.92. The van der Waals surface area contributed by atoms with Gasteiger partial charge in [-0.25, -0.2) is 0 Å². The van der Waals surface area contributed by atoms with Crippen molar-refractivity contribution in [2.75, 3.05) is 4.72 Å². The predicted octanol–water partition coefficient (Wildman–Crippen LogP) is 2.09. The van der Waals surface area contributed by atoms with Crippen LogP contribution >= 0.6 is 0 Å². The fraction of sp³-hybridized carbons (Fsp3) is 0.182. The van der Waals surface area contributed by atoms with E-state index in [1.165, 1.54) is 0 Å². The van der Waals surface area contributed by atoms with Gasteiger partial charge in [-0.05, 0) is 26.0 Å². The number of nitrogens with one attached hydrogen (secondary N) is 1. The molecule has 2 aromatic rings. The molecule has 1 N–H and O–H groups in total. The molecule has 0 spiro atoms. The van der Waals surface area contributed by atoms with Gasteiger partial charge in [0.05, 0.1) is 0 Å². The maximum Gasteiger partial charge on any atom is 0.283 e. The van der Waals surface area contributed by atoms with Gasteiger partial charge < -0.3 is 4.52 Å². The van der Waals surface area contributed by atoms with E-state index in [4.69, 9.17) is 4.52 Å². The average molecular weight is 252 g/mol. The number of benzene rings is 1. The zero-order valence-electron chi connectivity index (χ0n) is 9.47. The van der Waals surface area contributed by atoms with Gasteiger partial charge in [0, 0.05) is 11.3 Å². The summed E-state index contributed by atoms with van der Waals surface area (Å²) < 4.78 is 31.3. The summed E-state index contributed by atoms with van der Waals surface area (Å²) in [5.41, 5.74) is 1.01. The molecular formula is C11H12N2O3S. The summed E-state index contributed by atoms with van der Waals surface area (Å²) in [5.74, 6) is 0.499. The molecule has 0 aliphatic rings. The molecule has 0 aliphatic heterocycles. The maximum absolute atomic E-state index is 12.0. The van der Waals surface area contributed by atoms with Crippen LogP contribution in [0, 0.1) is 13.8 Å². The minimum absolute atomic E-state index is 0.0705. The van der Waals surface area contributed by atoms with Crippen LogP contribution in [0.1, 0.15) is 11.3 Å². The molecule has 5 nitrogen and oxygen atoms in total. The monoisotopic (exact) mass is 252 g/mol. The maximum atomic E-state index is 12.0. The van der Waals surface area contributed by atoms with Crippen molar-refractivity contribution in [2.24, 2.45) is 0 Å². The van der Waals surface area contributed by atoms with Crippen LogP contribution in [-0.2, 0) is 10.0 Å². The highest BCUT2D eigenvalue weighted by Gasteiger charge is 2.22. The van der Waals surface area contributed by atoms with E-state index in [0.29, 0.717) is 17.0 Å². The largest absolute Gasteiger partial charge is 0.360 e. The first-order valence-electron chi connectivity index (χ1n) is 5.01. The summed E-state index contributed by atoms with van der Waals surface area (Å²) in [7, 11) is -3.68. The van der Waals surface area contributed by atoms with Crippen molar-refractivity contribution >= 4 is 15.7 Å². The molecule has 0 unspecified atom stereocenters. The number of hydrogen-bond acceptors (Lipinski definition) is 4. The van der Waals surface area contributed by atoms with Gasteiger partial charge in [-0.1, -0.05) is 23.4 Å². The Morgan fingerprint density at radius 3 is 2.35 bits per heavy atom. The number of aryl methyl sites for hydroxylation is 1. The second-order valence-corrected chi connectivity index (χ2v) is 5.24. The smallest absolute Gasteiger partial charge is 0.283 e. The summed E-state index contributed by atoms with van der Waals surface area (Å²) in [6.07, 6.45) is 0. The standard InChI is InChI=1S/C11H12N2O3S/c1-8-9(2)16-12-11(8)17(14,15)13-10-6-4-3-5-7-10/h3-7,13H,1-2H3. The van der Waals surface area contributed by atoms with Crippen molar-refractivity contribution in [1.82, 2.24) is 5.16 Å². The van der Waals surface area contributed by atoms with Crippen LogP contribution in [0.4, 0.5) is 5.69 Å². The Morgan fingerprint density at radius 1 is 1.18 bits per heavy atom. The van der Waals surface area contributed by atoms with Gasteiger partial charge >= 0.3 is 0 Å². The fourth-order valence-electron chi connectivity index (χ4n) is 1.36. The van der Waals surface area contributed by atoms with E-state index in [-0.39, 0.29) is 5.03 Å². The summed E-state index contributed by atoms with van der Waals surface area (Å²) in [6.45, 7) is 3.33. The molecule has 1 aromatic heterocycles. The highest BCUT2D eigenvalue weighted by Crippen LogP contribution is 2.19. The first kappa shape index (κ1) is 11.7. The van der Waals surface area contributed by atoms with Crippen molar-refractivity contribution in [2.45, 2.75) is 18.9 Å². The second-order valence-electron chi connectivity index (χ2n) is 3.64. The Bertz CT molecular complexity index is 617. The normalized spacial score (nSPS) is 11.4. The SMILES string of the molecule is Cc1onc(S(=O)(=O)Nc2ccccc2)c1C. The minimum atomic E-state index is -3.68. The Hall–Kier alpha value is -1.82. The third-order valence-electron chi connectivity index (χ3n) is 2.39. The summed E-state index contributed by atoms with van der Waals surface area (Å²) in [6, 6.07) is 8.64. The molecule has 6 heteroatoms. The molecule has 90 valence electrons. The minimum Gasteiger partial charge on any atom is -0.360 e. The van der Waals surface area contributed by atoms with Gasteiger partial charge in [0.25, 0.3) is 10.0 Å². The lowest BCUT2D eigenvalue weighted by atomic mass is 10.3. The molecule has 0 radical (unpaired) electrons. The highest BCUT2D eigenvalue weighted by atomic mass is 32.2. The Morgan fingerprint density at radius 2 is 1.82 bits per heavy atom. The van der Waals surface area contributed by atoms with Gasteiger partial charge in [-0.15, -0.1) is 0 Å². The molecule has 0 fully saturated rings. The number of hydrogen-bond donors (Lipinski definition) is 1. The molecule has 1 heterocycles. The topological polar surface area (TPSA) is 72.2 Å². The summed E-state index contributed by atoms with van der Waals surface area (Å²) in [5, 5.41) is 3.49. The van der Waals surface area contributed by atoms with E-state index in [9.17, 15) is 8.42 Å². The first-order valence-corrected chi connectivity index (χ1v) is 6.50. The predicted molar refractivity (Wildman–Crippen MR) is 63.2 cm³/mol. The Kier molecular flexibility index (Phi) is 2.89. The fourth-order valence-corrected chi connectivity index (χ4v) is 2.58. The van der Waals surface area contributed by atoms with E-state index in [2.05, 4.69) is 9.88 Å². The van der Waals surface area contributed by atoms with Crippen molar-refractivity contribution in [1.29, 1.82) is 0 Å². The van der Waals surface area contributed by atoms with Crippen LogP contribution in [-0.4, -0.2) is 13.6 Å². The molecule has 1 aromatic carbocycles. The van der Waals surface area contributed by atoms with Crippen molar-refractivity contribution in [3.05, 3.63) is 41.7 Å². The van der Waals surface area contributed by atoms with E-state index in [0.717, 1.165) is 0 Å². The van der Waals surface area contributed by atoms with Crippen LogP contribution in [0.5, 0.6) is 0 Å². The molecule has 0 aliphatic carbocycles. The van der Waals surface area contributed by atoms with Gasteiger partial charge in [-0.3, -0.25) is 4.72 Å². The lowest BCUT2D eigenvalue weighted by Crippen LogP contribution is -2.14. The van der Waals surface area contributed by atoms with E-state index in [1.807, 2.05) is 6.07 Å². The average Bonchev–Trinajstić information content (AvgIpc) is 2.61. The van der Waals surface area contributed by atoms with Gasteiger partial charge in [0.1, 0.15) is 5.76 Å². The van der Waals surface area contributed by atoms with Crippen LogP contribution in [0.25, 0.3) is 0 Å². The first-order chi connectivity index (χ1) is 8.00. The third-order valence-corrected chi connectivity index (χ3v) is 3.79. The number of sulfonamides is 1. The molecule has 0 atom stereocenters. The molecule has 0 bridgehead atoms. The zero-order chi connectivity index (χ0) is 12.5.